The van der Waals surface area contributed by atoms with Gasteiger partial charge in [0.15, 0.2) is 11.5 Å². The Morgan fingerprint density at radius 2 is 2.00 bits per heavy atom. The van der Waals surface area contributed by atoms with Gasteiger partial charge in [-0.1, -0.05) is 0 Å². The maximum absolute atomic E-state index is 9.22. The van der Waals surface area contributed by atoms with Crippen LogP contribution in [0.5, 0.6) is 17.2 Å². The summed E-state index contributed by atoms with van der Waals surface area (Å²) in [6.45, 7) is 0.143. The number of nitriles is 1. The van der Waals surface area contributed by atoms with E-state index in [1.807, 2.05) is 6.07 Å². The van der Waals surface area contributed by atoms with Crippen LogP contribution < -0.4 is 9.47 Å². The zero-order chi connectivity index (χ0) is 8.55. The average Bonchev–Trinajstić information content (AvgIpc) is 2.49. The first kappa shape index (κ1) is 6.80. The van der Waals surface area contributed by atoms with Gasteiger partial charge in [0.1, 0.15) is 11.8 Å². The Hall–Kier alpha value is -1.89. The van der Waals surface area contributed by atoms with Gasteiger partial charge in [0, 0.05) is 12.1 Å². The third-order valence-corrected chi connectivity index (χ3v) is 1.61. The molecule has 4 heteroatoms. The number of rotatable bonds is 0. The summed E-state index contributed by atoms with van der Waals surface area (Å²) < 4.78 is 10.00. The van der Waals surface area contributed by atoms with Gasteiger partial charge >= 0.3 is 0 Å². The van der Waals surface area contributed by atoms with E-state index in [2.05, 4.69) is 0 Å². The second kappa shape index (κ2) is 2.31. The predicted molar refractivity (Wildman–Crippen MR) is 38.9 cm³/mol. The molecule has 0 spiro atoms. The summed E-state index contributed by atoms with van der Waals surface area (Å²) in [5.41, 5.74) is 0.194. The molecule has 0 radical (unpaired) electrons. The van der Waals surface area contributed by atoms with E-state index < -0.39 is 0 Å². The molecular weight excluding hydrogens is 158 g/mol. The monoisotopic (exact) mass is 163 g/mol. The highest BCUT2D eigenvalue weighted by atomic mass is 16.7. The first-order valence-electron chi connectivity index (χ1n) is 3.34. The van der Waals surface area contributed by atoms with Crippen LogP contribution in [0.1, 0.15) is 5.56 Å². The molecule has 1 aliphatic heterocycles. The molecule has 0 unspecified atom stereocenters. The summed E-state index contributed by atoms with van der Waals surface area (Å²) in [6, 6.07) is 4.67. The van der Waals surface area contributed by atoms with Gasteiger partial charge in [-0.15, -0.1) is 0 Å². The van der Waals surface area contributed by atoms with E-state index in [4.69, 9.17) is 14.7 Å². The van der Waals surface area contributed by atoms with E-state index >= 15 is 0 Å². The fourth-order valence-corrected chi connectivity index (χ4v) is 1.02. The van der Waals surface area contributed by atoms with E-state index in [0.717, 1.165) is 0 Å². The van der Waals surface area contributed by atoms with Crippen LogP contribution in [0.3, 0.4) is 0 Å². The summed E-state index contributed by atoms with van der Waals surface area (Å²) >= 11 is 0. The number of aromatic hydroxyl groups is 1. The SMILES string of the molecule is N#Cc1cc2c(cc1O)OCO2. The summed E-state index contributed by atoms with van der Waals surface area (Å²) in [6.07, 6.45) is 0. The largest absolute Gasteiger partial charge is 0.506 e. The quantitative estimate of drug-likeness (QED) is 0.619. The van der Waals surface area contributed by atoms with Crippen molar-refractivity contribution in [2.75, 3.05) is 6.79 Å². The molecule has 1 N–H and O–H groups in total. The molecule has 1 aromatic rings. The van der Waals surface area contributed by atoms with Gasteiger partial charge in [-0.25, -0.2) is 0 Å². The maximum Gasteiger partial charge on any atom is 0.231 e. The number of benzene rings is 1. The van der Waals surface area contributed by atoms with Crippen molar-refractivity contribution in [3.8, 4) is 23.3 Å². The Labute approximate surface area is 68.6 Å². The van der Waals surface area contributed by atoms with Crippen molar-refractivity contribution >= 4 is 0 Å². The normalized spacial score (nSPS) is 12.6. The minimum absolute atomic E-state index is 0.0817. The lowest BCUT2D eigenvalue weighted by atomic mass is 10.2. The molecule has 60 valence electrons. The maximum atomic E-state index is 9.22. The minimum atomic E-state index is -0.0817. The van der Waals surface area contributed by atoms with Crippen molar-refractivity contribution in [3.63, 3.8) is 0 Å². The Morgan fingerprint density at radius 1 is 1.33 bits per heavy atom. The fourth-order valence-electron chi connectivity index (χ4n) is 1.02. The number of phenols is 1. The predicted octanol–water partition coefficient (Wildman–Crippen LogP) is 0.993. The van der Waals surface area contributed by atoms with Crippen molar-refractivity contribution in [3.05, 3.63) is 17.7 Å². The van der Waals surface area contributed by atoms with Gasteiger partial charge in [-0.2, -0.15) is 5.26 Å². The first-order valence-corrected chi connectivity index (χ1v) is 3.34. The van der Waals surface area contributed by atoms with E-state index in [1.165, 1.54) is 12.1 Å². The molecule has 1 aromatic carbocycles. The third kappa shape index (κ3) is 0.839. The average molecular weight is 163 g/mol. The Bertz CT molecular complexity index is 367. The third-order valence-electron chi connectivity index (χ3n) is 1.61. The molecule has 0 aliphatic carbocycles. The van der Waals surface area contributed by atoms with Crippen LogP contribution >= 0.6 is 0 Å². The number of phenolic OH excluding ortho intramolecular Hbond substituents is 1. The molecule has 0 saturated carbocycles. The van der Waals surface area contributed by atoms with Crippen molar-refractivity contribution in [1.29, 1.82) is 5.26 Å². The molecule has 0 atom stereocenters. The molecular formula is C8H5NO3. The zero-order valence-corrected chi connectivity index (χ0v) is 6.07. The van der Waals surface area contributed by atoms with Gasteiger partial charge in [0.05, 0.1) is 5.56 Å². The van der Waals surface area contributed by atoms with Gasteiger partial charge < -0.3 is 14.6 Å². The zero-order valence-electron chi connectivity index (χ0n) is 6.07. The number of hydrogen-bond acceptors (Lipinski definition) is 4. The van der Waals surface area contributed by atoms with Crippen LogP contribution in [0.4, 0.5) is 0 Å². The number of nitrogens with zero attached hydrogens (tertiary/aromatic N) is 1. The second-order valence-corrected chi connectivity index (χ2v) is 2.33. The van der Waals surface area contributed by atoms with Crippen molar-refractivity contribution in [2.24, 2.45) is 0 Å². The molecule has 1 heterocycles. The van der Waals surface area contributed by atoms with Crippen LogP contribution in [0, 0.1) is 11.3 Å². The number of ether oxygens (including phenoxy) is 2. The topological polar surface area (TPSA) is 62.5 Å². The van der Waals surface area contributed by atoms with E-state index in [-0.39, 0.29) is 18.1 Å². The fraction of sp³-hybridized carbons (Fsp3) is 0.125. The first-order chi connectivity index (χ1) is 5.81. The van der Waals surface area contributed by atoms with Crippen molar-refractivity contribution in [2.45, 2.75) is 0 Å². The highest BCUT2D eigenvalue weighted by Crippen LogP contribution is 2.36. The highest BCUT2D eigenvalue weighted by molar-refractivity contribution is 5.55. The summed E-state index contributed by atoms with van der Waals surface area (Å²) in [5, 5.41) is 17.8. The standard InChI is InChI=1S/C8H5NO3/c9-3-5-1-7-8(2-6(5)10)12-4-11-7/h1-2,10H,4H2. The van der Waals surface area contributed by atoms with Gasteiger partial charge in [0.2, 0.25) is 6.79 Å². The van der Waals surface area contributed by atoms with Crippen molar-refractivity contribution in [1.82, 2.24) is 0 Å². The molecule has 0 fully saturated rings. The van der Waals surface area contributed by atoms with Gasteiger partial charge in [0.25, 0.3) is 0 Å². The van der Waals surface area contributed by atoms with Gasteiger partial charge in [-0.05, 0) is 0 Å². The van der Waals surface area contributed by atoms with E-state index in [0.29, 0.717) is 11.5 Å². The molecule has 2 rings (SSSR count). The van der Waals surface area contributed by atoms with E-state index in [9.17, 15) is 5.11 Å². The van der Waals surface area contributed by atoms with E-state index in [1.54, 1.807) is 0 Å². The summed E-state index contributed by atoms with van der Waals surface area (Å²) in [7, 11) is 0. The highest BCUT2D eigenvalue weighted by Gasteiger charge is 2.16. The Kier molecular flexibility index (Phi) is 1.31. The molecule has 4 nitrogen and oxygen atoms in total. The number of fused-ring (bicyclic) bond motifs is 1. The lowest BCUT2D eigenvalue weighted by Gasteiger charge is -1.97. The van der Waals surface area contributed by atoms with Crippen LogP contribution in [-0.4, -0.2) is 11.9 Å². The van der Waals surface area contributed by atoms with Crippen LogP contribution in [-0.2, 0) is 0 Å². The lowest BCUT2D eigenvalue weighted by Crippen LogP contribution is -1.92. The van der Waals surface area contributed by atoms with Gasteiger partial charge in [-0.3, -0.25) is 0 Å². The Balaban J connectivity index is 2.59. The molecule has 0 saturated heterocycles. The summed E-state index contributed by atoms with van der Waals surface area (Å²) in [5.74, 6) is 0.901. The Morgan fingerprint density at radius 3 is 2.67 bits per heavy atom. The molecule has 12 heavy (non-hydrogen) atoms. The molecule has 1 aliphatic rings. The molecule has 0 amide bonds. The lowest BCUT2D eigenvalue weighted by molar-refractivity contribution is 0.174. The van der Waals surface area contributed by atoms with Crippen LogP contribution in [0.15, 0.2) is 12.1 Å². The van der Waals surface area contributed by atoms with Crippen LogP contribution in [0.2, 0.25) is 0 Å². The smallest absolute Gasteiger partial charge is 0.231 e. The minimum Gasteiger partial charge on any atom is -0.506 e. The number of hydrogen-bond donors (Lipinski definition) is 1. The molecule has 0 aromatic heterocycles. The second-order valence-electron chi connectivity index (χ2n) is 2.33. The molecule has 0 bridgehead atoms. The van der Waals surface area contributed by atoms with Crippen LogP contribution in [0.25, 0.3) is 0 Å². The summed E-state index contributed by atoms with van der Waals surface area (Å²) in [4.78, 5) is 0. The van der Waals surface area contributed by atoms with Crippen molar-refractivity contribution < 1.29 is 14.6 Å².